The van der Waals surface area contributed by atoms with Crippen LogP contribution in [0.1, 0.15) is 60.6 Å². The average molecular weight is 710 g/mol. The van der Waals surface area contributed by atoms with Crippen LogP contribution in [0.25, 0.3) is 0 Å². The number of thioether (sulfide) groups is 1. The summed E-state index contributed by atoms with van der Waals surface area (Å²) in [6, 6.07) is -1.15. The maximum absolute atomic E-state index is 13.6. The largest absolute Gasteiger partial charge is 0.463 e. The van der Waals surface area contributed by atoms with Gasteiger partial charge in [0.2, 0.25) is 6.61 Å². The smallest absolute Gasteiger partial charge is 0.413 e. The fraction of sp³-hybridized carbons (Fsp3) is 0.600. The molecule has 4 heterocycles. The number of hydrogen-bond donors (Lipinski definition) is 2. The van der Waals surface area contributed by atoms with Gasteiger partial charge in [-0.25, -0.2) is 19.4 Å². The third-order valence-corrected chi connectivity index (χ3v) is 9.05. The van der Waals surface area contributed by atoms with Crippen molar-refractivity contribution in [3.63, 3.8) is 0 Å². The number of oxime groups is 1. The lowest BCUT2D eigenvalue weighted by molar-refractivity contribution is -0.218. The zero-order valence-electron chi connectivity index (χ0n) is 27.6. The van der Waals surface area contributed by atoms with E-state index in [1.54, 1.807) is 26.8 Å². The Kier molecular flexibility index (Phi) is 11.4. The summed E-state index contributed by atoms with van der Waals surface area (Å²) >= 11 is 2.24. The van der Waals surface area contributed by atoms with Crippen molar-refractivity contribution in [3.8, 4) is 0 Å². The van der Waals surface area contributed by atoms with Crippen molar-refractivity contribution < 1.29 is 52.6 Å². The van der Waals surface area contributed by atoms with Crippen LogP contribution in [0.2, 0.25) is 0 Å². The molecular formula is C30H39N5O11S2. The van der Waals surface area contributed by atoms with Crippen LogP contribution in [0.5, 0.6) is 0 Å². The normalized spacial score (nSPS) is 23.2. The van der Waals surface area contributed by atoms with Gasteiger partial charge in [0.1, 0.15) is 29.3 Å². The first-order valence-corrected chi connectivity index (χ1v) is 17.0. The molecule has 0 saturated carbocycles. The van der Waals surface area contributed by atoms with Crippen molar-refractivity contribution in [3.05, 3.63) is 22.7 Å². The Hall–Kier alpha value is -4.19. The van der Waals surface area contributed by atoms with Crippen molar-refractivity contribution >= 4 is 69.8 Å². The van der Waals surface area contributed by atoms with E-state index in [9.17, 15) is 28.8 Å². The van der Waals surface area contributed by atoms with Crippen molar-refractivity contribution in [1.29, 1.82) is 0 Å². The van der Waals surface area contributed by atoms with Gasteiger partial charge in [0.05, 0.1) is 13.0 Å². The zero-order chi connectivity index (χ0) is 35.4. The molecular weight excluding hydrogens is 670 g/mol. The Morgan fingerprint density at radius 3 is 2.60 bits per heavy atom. The van der Waals surface area contributed by atoms with E-state index < -0.39 is 76.8 Å². The lowest BCUT2D eigenvalue weighted by Gasteiger charge is -2.56. The average Bonchev–Trinajstić information content (AvgIpc) is 3.58. The minimum absolute atomic E-state index is 0.0388. The summed E-state index contributed by atoms with van der Waals surface area (Å²) in [5.41, 5.74) is -2.26. The monoisotopic (exact) mass is 709 g/mol. The zero-order valence-corrected chi connectivity index (χ0v) is 29.3. The molecule has 4 rings (SSSR count). The van der Waals surface area contributed by atoms with Crippen LogP contribution in [0.3, 0.4) is 0 Å². The minimum Gasteiger partial charge on any atom is -0.463 e. The predicted octanol–water partition coefficient (Wildman–Crippen LogP) is 2.58. The van der Waals surface area contributed by atoms with E-state index in [0.29, 0.717) is 0 Å². The van der Waals surface area contributed by atoms with Gasteiger partial charge in [0.25, 0.3) is 17.5 Å². The molecule has 3 amide bonds. The second-order valence-electron chi connectivity index (χ2n) is 12.8. The highest BCUT2D eigenvalue weighted by atomic mass is 32.2. The van der Waals surface area contributed by atoms with Crippen LogP contribution in [0, 0.1) is 11.8 Å². The molecule has 0 unspecified atom stereocenters. The van der Waals surface area contributed by atoms with Gasteiger partial charge >= 0.3 is 24.0 Å². The van der Waals surface area contributed by atoms with Gasteiger partial charge in [0.15, 0.2) is 10.8 Å². The molecule has 0 spiro atoms. The SMILES string of the molecule is CC(C)=CCOC(=O)[C@]12OC(=O)C[C@H]1CS[C@@H]1[C@H](NC(=O)/C(=N\OCC(=O)OCC(C)C)c3csc(NC(=O)OC(C)(C)C)n3)C(=O)N12. The molecule has 1 aromatic rings. The molecule has 3 aliphatic rings. The number of aromatic nitrogens is 1. The highest BCUT2D eigenvalue weighted by Crippen LogP contribution is 2.51. The van der Waals surface area contributed by atoms with Gasteiger partial charge in [0, 0.05) is 17.1 Å². The number of anilines is 1. The lowest BCUT2D eigenvalue weighted by atomic mass is 9.89. The number of esters is 3. The number of hydrogen-bond acceptors (Lipinski definition) is 15. The summed E-state index contributed by atoms with van der Waals surface area (Å²) in [6.07, 6.45) is 0.829. The first-order chi connectivity index (χ1) is 22.5. The fourth-order valence-corrected chi connectivity index (χ4v) is 7.02. The van der Waals surface area contributed by atoms with Crippen LogP contribution < -0.4 is 10.6 Å². The van der Waals surface area contributed by atoms with Gasteiger partial charge in [-0.3, -0.25) is 24.6 Å². The third-order valence-electron chi connectivity index (χ3n) is 6.88. The number of β-lactam (4-membered cyclic amide) rings is 1. The van der Waals surface area contributed by atoms with Crippen LogP contribution in [-0.2, 0) is 47.8 Å². The van der Waals surface area contributed by atoms with Gasteiger partial charge in [-0.1, -0.05) is 24.6 Å². The van der Waals surface area contributed by atoms with E-state index in [0.717, 1.165) is 21.8 Å². The Morgan fingerprint density at radius 1 is 1.21 bits per heavy atom. The van der Waals surface area contributed by atoms with Gasteiger partial charge in [-0.2, -0.15) is 0 Å². The highest BCUT2D eigenvalue weighted by molar-refractivity contribution is 8.00. The number of nitrogens with zero attached hydrogens (tertiary/aromatic N) is 3. The maximum Gasteiger partial charge on any atom is 0.413 e. The number of ether oxygens (including phenoxy) is 4. The van der Waals surface area contributed by atoms with Crippen molar-refractivity contribution in [2.75, 3.05) is 30.9 Å². The summed E-state index contributed by atoms with van der Waals surface area (Å²) in [5.74, 6) is -4.08. The Balaban J connectivity index is 1.53. The number of allylic oxidation sites excluding steroid dienone is 1. The minimum atomic E-state index is -1.95. The van der Waals surface area contributed by atoms with E-state index in [2.05, 4.69) is 20.8 Å². The Morgan fingerprint density at radius 2 is 1.94 bits per heavy atom. The van der Waals surface area contributed by atoms with Crippen LogP contribution in [0.4, 0.5) is 9.93 Å². The molecule has 18 heteroatoms. The van der Waals surface area contributed by atoms with E-state index >= 15 is 0 Å². The fourth-order valence-electron chi connectivity index (χ4n) is 4.78. The molecule has 1 aromatic heterocycles. The summed E-state index contributed by atoms with van der Waals surface area (Å²) in [6.45, 7) is 11.9. The van der Waals surface area contributed by atoms with Crippen molar-refractivity contribution in [2.45, 2.75) is 77.6 Å². The topological polar surface area (TPSA) is 201 Å². The molecule has 262 valence electrons. The molecule has 16 nitrogen and oxygen atoms in total. The number of carbonyl (C=O) groups excluding carboxylic acids is 6. The molecule has 0 bridgehead atoms. The number of nitrogens with one attached hydrogen (secondary N) is 2. The van der Waals surface area contributed by atoms with Gasteiger partial charge in [-0.05, 0) is 46.6 Å². The summed E-state index contributed by atoms with van der Waals surface area (Å²) in [4.78, 5) is 87.8. The molecule has 0 aromatic carbocycles. The summed E-state index contributed by atoms with van der Waals surface area (Å²) < 4.78 is 21.2. The molecule has 0 radical (unpaired) electrons. The first-order valence-electron chi connectivity index (χ1n) is 15.1. The molecule has 0 aliphatic carbocycles. The molecule has 3 saturated heterocycles. The van der Waals surface area contributed by atoms with Gasteiger partial charge < -0.3 is 29.1 Å². The van der Waals surface area contributed by atoms with Crippen LogP contribution in [-0.4, -0.2) is 99.7 Å². The summed E-state index contributed by atoms with van der Waals surface area (Å²) in [7, 11) is 0. The quantitative estimate of drug-likeness (QED) is 0.0802. The molecule has 4 atom stereocenters. The predicted molar refractivity (Wildman–Crippen MR) is 173 cm³/mol. The number of fused-ring (bicyclic) bond motifs is 3. The standard InChI is InChI=1S/C30H39N5O11S2/c1-15(2)8-9-42-26(40)30-17(10-19(36)45-30)13-47-25-22(24(39)35(25)30)32-23(38)21(34-44-12-20(37)43-11-16(3)4)18-14-48-27(31-18)33-28(41)46-29(5,6)7/h8,14,16-17,22,25H,9-13H2,1-7H3,(H,32,38)(H,31,33,41)/b34-21-/t17-,22+,25+,30+/m0/s1. The number of thiazole rings is 1. The molecule has 3 fully saturated rings. The Bertz CT molecular complexity index is 1510. The highest BCUT2D eigenvalue weighted by Gasteiger charge is 2.71. The Labute approximate surface area is 285 Å². The molecule has 2 N–H and O–H groups in total. The second-order valence-corrected chi connectivity index (χ2v) is 14.8. The maximum atomic E-state index is 13.6. The van der Waals surface area contributed by atoms with E-state index in [4.69, 9.17) is 23.8 Å². The van der Waals surface area contributed by atoms with Gasteiger partial charge in [-0.15, -0.1) is 23.1 Å². The van der Waals surface area contributed by atoms with Crippen molar-refractivity contribution in [2.24, 2.45) is 17.0 Å². The first kappa shape index (κ1) is 36.6. The second kappa shape index (κ2) is 14.9. The van der Waals surface area contributed by atoms with E-state index in [1.165, 1.54) is 17.1 Å². The summed E-state index contributed by atoms with van der Waals surface area (Å²) in [5, 5.41) is 9.61. The van der Waals surface area contributed by atoms with Crippen molar-refractivity contribution in [1.82, 2.24) is 15.2 Å². The third kappa shape index (κ3) is 8.44. The lowest BCUT2D eigenvalue weighted by Crippen LogP contribution is -2.80. The van der Waals surface area contributed by atoms with E-state index in [-0.39, 0.29) is 42.1 Å². The number of rotatable bonds is 12. The van der Waals surface area contributed by atoms with Crippen LogP contribution in [0.15, 0.2) is 22.2 Å². The van der Waals surface area contributed by atoms with Crippen LogP contribution >= 0.6 is 23.1 Å². The van der Waals surface area contributed by atoms with E-state index in [1.807, 2.05) is 27.7 Å². The molecule has 48 heavy (non-hydrogen) atoms. The number of carbonyl (C=O) groups is 6. The molecule has 3 aliphatic heterocycles. The number of amides is 3.